The second kappa shape index (κ2) is 8.24. The van der Waals surface area contributed by atoms with Crippen molar-refractivity contribution in [3.8, 4) is 0 Å². The third-order valence-electron chi connectivity index (χ3n) is 6.57. The van der Waals surface area contributed by atoms with Crippen LogP contribution in [0, 0.1) is 0 Å². The van der Waals surface area contributed by atoms with Gasteiger partial charge >= 0.3 is 0 Å². The van der Waals surface area contributed by atoms with E-state index in [1.165, 1.54) is 25.7 Å². The second-order valence-corrected chi connectivity index (χ2v) is 8.72. The van der Waals surface area contributed by atoms with Crippen LogP contribution in [0.3, 0.4) is 0 Å². The molecule has 4 N–H and O–H groups in total. The van der Waals surface area contributed by atoms with E-state index in [0.29, 0.717) is 25.1 Å². The van der Waals surface area contributed by atoms with Crippen molar-refractivity contribution in [2.75, 3.05) is 6.54 Å². The fraction of sp³-hybridized carbons (Fsp3) is 0.591. The first-order chi connectivity index (χ1) is 14.0. The van der Waals surface area contributed by atoms with Crippen molar-refractivity contribution in [1.82, 2.24) is 15.5 Å². The molecule has 2 fully saturated rings. The Hall–Kier alpha value is -2.25. The number of nitrogens with zero attached hydrogens (tertiary/aromatic N) is 1. The highest BCUT2D eigenvalue weighted by Crippen LogP contribution is 2.30. The van der Waals surface area contributed by atoms with E-state index in [1.54, 1.807) is 4.90 Å². The monoisotopic (exact) mass is 398 g/mol. The Morgan fingerprint density at radius 2 is 1.90 bits per heavy atom. The molecule has 1 aliphatic carbocycles. The third kappa shape index (κ3) is 4.21. The van der Waals surface area contributed by atoms with Crippen LogP contribution in [0.1, 0.15) is 72.9 Å². The molecule has 3 aliphatic rings. The van der Waals surface area contributed by atoms with Crippen LogP contribution in [0.25, 0.3) is 0 Å². The number of fused-ring (bicyclic) bond motifs is 1. The van der Waals surface area contributed by atoms with Crippen molar-refractivity contribution in [3.05, 3.63) is 34.9 Å². The minimum atomic E-state index is -0.577. The van der Waals surface area contributed by atoms with Crippen molar-refractivity contribution in [2.45, 2.75) is 76.0 Å². The SMILES string of the molecule is NC1(CNCc2cccc3c2CN(C2CCC(=O)NC2=O)C3=O)CCCCCC1. The number of nitrogens with one attached hydrogen (secondary N) is 2. The number of carbonyl (C=O) groups excluding carboxylic acids is 3. The molecular weight excluding hydrogens is 368 g/mol. The number of amides is 3. The summed E-state index contributed by atoms with van der Waals surface area (Å²) in [5, 5.41) is 5.86. The third-order valence-corrected chi connectivity index (χ3v) is 6.57. The maximum Gasteiger partial charge on any atom is 0.255 e. The van der Waals surface area contributed by atoms with Gasteiger partial charge in [-0.1, -0.05) is 37.8 Å². The van der Waals surface area contributed by atoms with Crippen LogP contribution in [0.5, 0.6) is 0 Å². The molecule has 0 bridgehead atoms. The molecule has 29 heavy (non-hydrogen) atoms. The summed E-state index contributed by atoms with van der Waals surface area (Å²) in [6.07, 6.45) is 7.66. The fourth-order valence-electron chi connectivity index (χ4n) is 4.87. The highest BCUT2D eigenvalue weighted by atomic mass is 16.2. The maximum atomic E-state index is 12.9. The first-order valence-corrected chi connectivity index (χ1v) is 10.7. The van der Waals surface area contributed by atoms with Crippen LogP contribution in [-0.4, -0.2) is 40.7 Å². The van der Waals surface area contributed by atoms with Gasteiger partial charge in [0.1, 0.15) is 6.04 Å². The average molecular weight is 399 g/mol. The Morgan fingerprint density at radius 3 is 2.62 bits per heavy atom. The average Bonchev–Trinajstić information content (AvgIpc) is 2.87. The zero-order chi connectivity index (χ0) is 20.4. The standard InChI is InChI=1S/C22H30N4O3/c23-22(10-3-1-2-4-11-22)14-24-12-15-6-5-7-16-17(15)13-26(21(16)29)18-8-9-19(27)25-20(18)28/h5-7,18,24H,1-4,8-14,23H2,(H,25,27,28). The van der Waals surface area contributed by atoms with Gasteiger partial charge in [0.15, 0.2) is 0 Å². The molecule has 1 unspecified atom stereocenters. The number of carbonyl (C=O) groups is 3. The molecule has 0 spiro atoms. The molecule has 2 heterocycles. The van der Waals surface area contributed by atoms with E-state index in [4.69, 9.17) is 5.73 Å². The van der Waals surface area contributed by atoms with E-state index < -0.39 is 6.04 Å². The molecule has 0 aromatic heterocycles. The lowest BCUT2D eigenvalue weighted by molar-refractivity contribution is -0.136. The number of hydrogen-bond donors (Lipinski definition) is 3. The van der Waals surface area contributed by atoms with Crippen LogP contribution in [-0.2, 0) is 22.7 Å². The van der Waals surface area contributed by atoms with Gasteiger partial charge in [-0.25, -0.2) is 0 Å². The van der Waals surface area contributed by atoms with Crippen molar-refractivity contribution < 1.29 is 14.4 Å². The predicted octanol–water partition coefficient (Wildman–Crippen LogP) is 1.59. The largest absolute Gasteiger partial charge is 0.324 e. The topological polar surface area (TPSA) is 105 Å². The van der Waals surface area contributed by atoms with Gasteiger partial charge in [0.05, 0.1) is 0 Å². The minimum absolute atomic E-state index is 0.129. The van der Waals surface area contributed by atoms with Crippen LogP contribution in [0.2, 0.25) is 0 Å². The molecule has 3 amide bonds. The van der Waals surface area contributed by atoms with Gasteiger partial charge in [0, 0.05) is 37.2 Å². The van der Waals surface area contributed by atoms with Gasteiger partial charge in [-0.3, -0.25) is 19.7 Å². The number of imide groups is 1. The van der Waals surface area contributed by atoms with Crippen LogP contribution >= 0.6 is 0 Å². The lowest BCUT2D eigenvalue weighted by Crippen LogP contribution is -2.52. The van der Waals surface area contributed by atoms with E-state index in [2.05, 4.69) is 10.6 Å². The quantitative estimate of drug-likeness (QED) is 0.516. The van der Waals surface area contributed by atoms with Gasteiger partial charge in [-0.05, 0) is 36.5 Å². The zero-order valence-electron chi connectivity index (χ0n) is 16.8. The molecule has 1 aromatic carbocycles. The molecule has 156 valence electrons. The van der Waals surface area contributed by atoms with E-state index in [0.717, 1.165) is 30.5 Å². The first-order valence-electron chi connectivity index (χ1n) is 10.7. The van der Waals surface area contributed by atoms with Crippen molar-refractivity contribution in [3.63, 3.8) is 0 Å². The molecule has 2 aliphatic heterocycles. The highest BCUT2D eigenvalue weighted by molar-refractivity contribution is 6.05. The number of rotatable bonds is 5. The predicted molar refractivity (Wildman–Crippen MR) is 109 cm³/mol. The summed E-state index contributed by atoms with van der Waals surface area (Å²) in [5.74, 6) is -0.773. The molecule has 4 rings (SSSR count). The molecule has 1 saturated heterocycles. The summed E-state index contributed by atoms with van der Waals surface area (Å²) in [5.41, 5.74) is 9.16. The maximum absolute atomic E-state index is 12.9. The van der Waals surface area contributed by atoms with Crippen LogP contribution < -0.4 is 16.4 Å². The number of piperidine rings is 1. The summed E-state index contributed by atoms with van der Waals surface area (Å²) in [4.78, 5) is 38.2. The fourth-order valence-corrected chi connectivity index (χ4v) is 4.87. The van der Waals surface area contributed by atoms with E-state index in [1.807, 2.05) is 18.2 Å². The van der Waals surface area contributed by atoms with Crippen molar-refractivity contribution >= 4 is 17.7 Å². The van der Waals surface area contributed by atoms with Crippen LogP contribution in [0.4, 0.5) is 0 Å². The van der Waals surface area contributed by atoms with Crippen LogP contribution in [0.15, 0.2) is 18.2 Å². The Labute approximate surface area is 171 Å². The van der Waals surface area contributed by atoms with Crippen molar-refractivity contribution in [2.24, 2.45) is 5.73 Å². The lowest BCUT2D eigenvalue weighted by atomic mass is 9.91. The number of nitrogens with two attached hydrogens (primary N) is 1. The molecule has 7 nitrogen and oxygen atoms in total. The summed E-state index contributed by atoms with van der Waals surface area (Å²) < 4.78 is 0. The molecule has 1 aromatic rings. The second-order valence-electron chi connectivity index (χ2n) is 8.72. The Balaban J connectivity index is 1.43. The van der Waals surface area contributed by atoms with Gasteiger partial charge in [0.2, 0.25) is 11.8 Å². The van der Waals surface area contributed by atoms with Gasteiger partial charge in [-0.15, -0.1) is 0 Å². The number of hydrogen-bond acceptors (Lipinski definition) is 5. The molecule has 1 saturated carbocycles. The Bertz CT molecular complexity index is 814. The van der Waals surface area contributed by atoms with E-state index in [-0.39, 0.29) is 29.7 Å². The first kappa shape index (κ1) is 20.0. The minimum Gasteiger partial charge on any atom is -0.324 e. The summed E-state index contributed by atoms with van der Waals surface area (Å²) in [6, 6.07) is 5.17. The molecule has 0 radical (unpaired) electrons. The summed E-state index contributed by atoms with van der Waals surface area (Å²) in [7, 11) is 0. The normalized spacial score (nSPS) is 24.2. The summed E-state index contributed by atoms with van der Waals surface area (Å²) in [6.45, 7) is 1.83. The Kier molecular flexibility index (Phi) is 5.69. The van der Waals surface area contributed by atoms with E-state index >= 15 is 0 Å². The summed E-state index contributed by atoms with van der Waals surface area (Å²) >= 11 is 0. The molecule has 1 atom stereocenters. The van der Waals surface area contributed by atoms with E-state index in [9.17, 15) is 14.4 Å². The smallest absolute Gasteiger partial charge is 0.255 e. The zero-order valence-corrected chi connectivity index (χ0v) is 16.8. The molecule has 7 heteroatoms. The lowest BCUT2D eigenvalue weighted by Gasteiger charge is -2.29. The highest BCUT2D eigenvalue weighted by Gasteiger charge is 2.39. The van der Waals surface area contributed by atoms with Crippen molar-refractivity contribution in [1.29, 1.82) is 0 Å². The van der Waals surface area contributed by atoms with Gasteiger partial charge in [-0.2, -0.15) is 0 Å². The van der Waals surface area contributed by atoms with Gasteiger partial charge in [0.25, 0.3) is 5.91 Å². The number of benzene rings is 1. The molecular formula is C22H30N4O3. The Morgan fingerprint density at radius 1 is 1.14 bits per heavy atom. The van der Waals surface area contributed by atoms with Gasteiger partial charge < -0.3 is 16.0 Å².